The van der Waals surface area contributed by atoms with Crippen LogP contribution in [0.4, 0.5) is 0 Å². The summed E-state index contributed by atoms with van der Waals surface area (Å²) in [4.78, 5) is 16.6. The molecule has 2 aromatic rings. The van der Waals surface area contributed by atoms with Gasteiger partial charge in [-0.15, -0.1) is 5.10 Å². The largest absolute Gasteiger partial charge is 0.488 e. The Bertz CT molecular complexity index is 865. The van der Waals surface area contributed by atoms with Crippen LogP contribution in [0.25, 0.3) is 11.4 Å². The van der Waals surface area contributed by atoms with E-state index in [0.29, 0.717) is 35.4 Å². The minimum absolute atomic E-state index is 0.0112. The van der Waals surface area contributed by atoms with Gasteiger partial charge < -0.3 is 14.6 Å². The summed E-state index contributed by atoms with van der Waals surface area (Å²) in [5, 5.41) is 17.6. The van der Waals surface area contributed by atoms with Crippen LogP contribution in [0.2, 0.25) is 0 Å². The van der Waals surface area contributed by atoms with Crippen LogP contribution in [0.3, 0.4) is 0 Å². The molecule has 4 atom stereocenters. The molecule has 27 heavy (non-hydrogen) atoms. The Morgan fingerprint density at radius 3 is 2.89 bits per heavy atom. The molecule has 1 N–H and O–H groups in total. The van der Waals surface area contributed by atoms with E-state index in [1.54, 1.807) is 7.05 Å². The molecule has 2 aliphatic carbocycles. The molecule has 2 aliphatic rings. The van der Waals surface area contributed by atoms with Crippen molar-refractivity contribution in [3.05, 3.63) is 23.5 Å². The van der Waals surface area contributed by atoms with Gasteiger partial charge in [0.2, 0.25) is 0 Å². The Kier molecular flexibility index (Phi) is 4.59. The Morgan fingerprint density at radius 1 is 1.37 bits per heavy atom. The van der Waals surface area contributed by atoms with Crippen molar-refractivity contribution < 1.29 is 19.4 Å². The number of aryl methyl sites for hydroxylation is 2. The Balaban J connectivity index is 1.49. The van der Waals surface area contributed by atoms with Crippen LogP contribution in [-0.4, -0.2) is 43.8 Å². The number of nitrogens with zero attached hydrogens (tertiary/aromatic N) is 4. The molecule has 8 nitrogen and oxygen atoms in total. The van der Waals surface area contributed by atoms with Crippen molar-refractivity contribution in [3.63, 3.8) is 0 Å². The summed E-state index contributed by atoms with van der Waals surface area (Å²) < 4.78 is 12.9. The first kappa shape index (κ1) is 17.9. The maximum atomic E-state index is 12.0. The van der Waals surface area contributed by atoms with E-state index < -0.39 is 0 Å². The molecule has 144 valence electrons. The number of hydrogen-bond acceptors (Lipinski definition) is 7. The van der Waals surface area contributed by atoms with Gasteiger partial charge in [-0.3, -0.25) is 4.79 Å². The number of aromatic nitrogens is 4. The molecule has 0 amide bonds. The van der Waals surface area contributed by atoms with E-state index >= 15 is 0 Å². The van der Waals surface area contributed by atoms with Crippen LogP contribution in [0.1, 0.15) is 31.2 Å². The first-order valence-corrected chi connectivity index (χ1v) is 9.35. The SMILES string of the molecule is CCOC(=O)C1C2CC[C@@H](Oc3ccc(-c4nnn(C)c4CO)nc3C)C21. The molecule has 0 aromatic carbocycles. The molecule has 8 heteroatoms. The smallest absolute Gasteiger partial charge is 0.309 e. The van der Waals surface area contributed by atoms with Gasteiger partial charge in [-0.1, -0.05) is 5.21 Å². The Labute approximate surface area is 157 Å². The van der Waals surface area contributed by atoms with Crippen LogP contribution in [0.5, 0.6) is 5.75 Å². The van der Waals surface area contributed by atoms with Gasteiger partial charge in [-0.25, -0.2) is 9.67 Å². The Morgan fingerprint density at radius 2 is 2.19 bits per heavy atom. The van der Waals surface area contributed by atoms with E-state index in [1.807, 2.05) is 26.0 Å². The highest BCUT2D eigenvalue weighted by atomic mass is 16.5. The lowest BCUT2D eigenvalue weighted by Gasteiger charge is -2.18. The molecule has 4 rings (SSSR count). The summed E-state index contributed by atoms with van der Waals surface area (Å²) >= 11 is 0. The van der Waals surface area contributed by atoms with Crippen molar-refractivity contribution in [2.75, 3.05) is 6.61 Å². The second-order valence-electron chi connectivity index (χ2n) is 7.20. The topological polar surface area (TPSA) is 99.4 Å². The van der Waals surface area contributed by atoms with Crippen molar-refractivity contribution in [1.82, 2.24) is 20.0 Å². The van der Waals surface area contributed by atoms with E-state index in [4.69, 9.17) is 9.47 Å². The first-order valence-electron chi connectivity index (χ1n) is 9.35. The minimum atomic E-state index is -0.155. The Hall–Kier alpha value is -2.48. The van der Waals surface area contributed by atoms with E-state index in [1.165, 1.54) is 4.68 Å². The zero-order chi connectivity index (χ0) is 19.1. The van der Waals surface area contributed by atoms with Gasteiger partial charge in [0.15, 0.2) is 0 Å². The van der Waals surface area contributed by atoms with Crippen LogP contribution >= 0.6 is 0 Å². The van der Waals surface area contributed by atoms with Crippen molar-refractivity contribution in [2.24, 2.45) is 24.8 Å². The quantitative estimate of drug-likeness (QED) is 0.770. The summed E-state index contributed by atoms with van der Waals surface area (Å²) in [6.45, 7) is 3.98. The number of esters is 1. The predicted molar refractivity (Wildman–Crippen MR) is 95.6 cm³/mol. The van der Waals surface area contributed by atoms with Crippen LogP contribution in [0.15, 0.2) is 12.1 Å². The maximum Gasteiger partial charge on any atom is 0.309 e. The zero-order valence-electron chi connectivity index (χ0n) is 15.8. The average Bonchev–Trinajstić information content (AvgIpc) is 3.04. The average molecular weight is 372 g/mol. The monoisotopic (exact) mass is 372 g/mol. The molecule has 0 radical (unpaired) electrons. The molecular formula is C19H24N4O4. The first-order chi connectivity index (χ1) is 13.0. The summed E-state index contributed by atoms with van der Waals surface area (Å²) in [6, 6.07) is 3.70. The second kappa shape index (κ2) is 6.92. The third-order valence-corrected chi connectivity index (χ3v) is 5.65. The lowest BCUT2D eigenvalue weighted by atomic mass is 10.1. The molecule has 0 spiro atoms. The number of carbonyl (C=O) groups excluding carboxylic acids is 1. The van der Waals surface area contributed by atoms with E-state index in [2.05, 4.69) is 15.3 Å². The van der Waals surface area contributed by atoms with Gasteiger partial charge >= 0.3 is 5.97 Å². The van der Waals surface area contributed by atoms with E-state index in [-0.39, 0.29) is 30.5 Å². The molecule has 0 bridgehead atoms. The van der Waals surface area contributed by atoms with Gasteiger partial charge in [0.05, 0.1) is 36.2 Å². The molecule has 2 fully saturated rings. The highest BCUT2D eigenvalue weighted by Crippen LogP contribution is 2.59. The number of aliphatic hydroxyl groups is 1. The highest BCUT2D eigenvalue weighted by molar-refractivity contribution is 5.77. The minimum Gasteiger partial charge on any atom is -0.488 e. The second-order valence-corrected chi connectivity index (χ2v) is 7.20. The highest BCUT2D eigenvalue weighted by Gasteiger charge is 2.63. The fourth-order valence-corrected chi connectivity index (χ4v) is 4.26. The number of rotatable bonds is 6. The predicted octanol–water partition coefficient (Wildman–Crippen LogP) is 1.64. The van der Waals surface area contributed by atoms with Crippen molar-refractivity contribution >= 4 is 5.97 Å². The number of ether oxygens (including phenoxy) is 2. The fourth-order valence-electron chi connectivity index (χ4n) is 4.26. The van der Waals surface area contributed by atoms with Gasteiger partial charge in [-0.05, 0) is 44.7 Å². The van der Waals surface area contributed by atoms with E-state index in [0.717, 1.165) is 18.5 Å². The van der Waals surface area contributed by atoms with Gasteiger partial charge in [0.25, 0.3) is 0 Å². The van der Waals surface area contributed by atoms with Crippen molar-refractivity contribution in [2.45, 2.75) is 39.4 Å². The normalized spacial score (nSPS) is 25.9. The summed E-state index contributed by atoms with van der Waals surface area (Å²) in [7, 11) is 1.73. The molecule has 0 saturated heterocycles. The van der Waals surface area contributed by atoms with Crippen LogP contribution in [-0.2, 0) is 23.2 Å². The summed E-state index contributed by atoms with van der Waals surface area (Å²) in [5.74, 6) is 1.26. The summed E-state index contributed by atoms with van der Waals surface area (Å²) in [6.07, 6.45) is 1.98. The van der Waals surface area contributed by atoms with Gasteiger partial charge in [0, 0.05) is 13.0 Å². The molecular weight excluding hydrogens is 348 g/mol. The number of carbonyl (C=O) groups is 1. The van der Waals surface area contributed by atoms with Crippen LogP contribution < -0.4 is 4.74 Å². The van der Waals surface area contributed by atoms with Gasteiger partial charge in [-0.2, -0.15) is 0 Å². The van der Waals surface area contributed by atoms with Crippen molar-refractivity contribution in [3.8, 4) is 17.1 Å². The molecule has 2 heterocycles. The number of fused-ring (bicyclic) bond motifs is 1. The molecule has 2 saturated carbocycles. The summed E-state index contributed by atoms with van der Waals surface area (Å²) in [5.41, 5.74) is 2.58. The van der Waals surface area contributed by atoms with Gasteiger partial charge in [0.1, 0.15) is 17.5 Å². The number of pyridine rings is 1. The number of hydrogen-bond donors (Lipinski definition) is 1. The van der Waals surface area contributed by atoms with E-state index in [9.17, 15) is 9.90 Å². The molecule has 3 unspecified atom stereocenters. The fraction of sp³-hybridized carbons (Fsp3) is 0.579. The third-order valence-electron chi connectivity index (χ3n) is 5.65. The molecule has 0 aliphatic heterocycles. The lowest BCUT2D eigenvalue weighted by Crippen LogP contribution is -2.21. The lowest BCUT2D eigenvalue weighted by molar-refractivity contribution is -0.146. The number of aliphatic hydroxyl groups excluding tert-OH is 1. The molecule has 2 aromatic heterocycles. The maximum absolute atomic E-state index is 12.0. The van der Waals surface area contributed by atoms with Crippen LogP contribution in [0, 0.1) is 24.7 Å². The third kappa shape index (κ3) is 3.07. The zero-order valence-corrected chi connectivity index (χ0v) is 15.8. The standard InChI is InChI=1S/C19H24N4O4/c1-4-26-19(25)17-11-5-7-15(16(11)17)27-14-8-6-12(20-10(14)2)18-13(9-24)23(3)22-21-18/h6,8,11,15-17,24H,4-5,7,9H2,1-3H3/t11?,15-,16?,17?/m1/s1. The van der Waals surface area contributed by atoms with Crippen molar-refractivity contribution in [1.29, 1.82) is 0 Å².